The van der Waals surface area contributed by atoms with Crippen molar-refractivity contribution in [1.29, 1.82) is 0 Å². The third-order valence-electron chi connectivity index (χ3n) is 10.5. The number of nitrogens with zero attached hydrogens (tertiary/aromatic N) is 4. The van der Waals surface area contributed by atoms with Crippen molar-refractivity contribution in [3.63, 3.8) is 0 Å². The van der Waals surface area contributed by atoms with E-state index in [4.69, 9.17) is 9.72 Å². The van der Waals surface area contributed by atoms with E-state index in [1.54, 1.807) is 16.0 Å². The summed E-state index contributed by atoms with van der Waals surface area (Å²) in [5.41, 5.74) is 6.57. The van der Waals surface area contributed by atoms with Gasteiger partial charge in [0.2, 0.25) is 11.8 Å². The average molecular weight is 739 g/mol. The van der Waals surface area contributed by atoms with E-state index in [0.29, 0.717) is 18.9 Å². The maximum atomic E-state index is 13.5. The van der Waals surface area contributed by atoms with Crippen LogP contribution in [0, 0.1) is 18.8 Å². The lowest BCUT2D eigenvalue weighted by atomic mass is 10.0. The summed E-state index contributed by atoms with van der Waals surface area (Å²) in [5.74, 6) is 0.751. The Kier molecular flexibility index (Phi) is 11.4. The quantitative estimate of drug-likeness (QED) is 0.116. The predicted octanol–water partition coefficient (Wildman–Crippen LogP) is 6.44. The molecule has 2 aliphatic rings. The Morgan fingerprint density at radius 3 is 1.78 bits per heavy atom. The zero-order valence-electron chi connectivity index (χ0n) is 31.7. The number of hydrogen-bond acceptors (Lipinski definition) is 7. The van der Waals surface area contributed by atoms with Gasteiger partial charge in [0.1, 0.15) is 23.7 Å². The van der Waals surface area contributed by atoms with Gasteiger partial charge in [0.25, 0.3) is 0 Å². The molecule has 2 aromatic heterocycles. The lowest BCUT2D eigenvalue weighted by Gasteiger charge is -2.30. The summed E-state index contributed by atoms with van der Waals surface area (Å²) in [5, 5.41) is 14.4. The summed E-state index contributed by atoms with van der Waals surface area (Å²) in [6.45, 7) is 10.6. The zero-order valence-corrected chi connectivity index (χ0v) is 31.7. The Morgan fingerprint density at radius 2 is 1.26 bits per heavy atom. The predicted molar refractivity (Wildman–Crippen MR) is 203 cm³/mol. The number of methoxy groups -OCH3 is 1. The number of benzene rings is 2. The van der Waals surface area contributed by atoms with E-state index in [2.05, 4.69) is 49.9 Å². The van der Waals surface area contributed by atoms with Crippen LogP contribution in [-0.4, -0.2) is 91.1 Å². The van der Waals surface area contributed by atoms with Gasteiger partial charge in [-0.1, -0.05) is 76.2 Å². The van der Waals surface area contributed by atoms with Gasteiger partial charge < -0.3 is 40.2 Å². The minimum absolute atomic E-state index is 0.108. The molecule has 4 atom stereocenters. The van der Waals surface area contributed by atoms with Gasteiger partial charge in [0.05, 0.1) is 36.8 Å². The first kappa shape index (κ1) is 38.1. The fraction of sp³-hybridized carbons (Fsp3) is 0.450. The highest BCUT2D eigenvalue weighted by Crippen LogP contribution is 2.36. The summed E-state index contributed by atoms with van der Waals surface area (Å²) < 4.78 is 4.75. The van der Waals surface area contributed by atoms with Crippen LogP contribution in [0.4, 0.5) is 9.59 Å². The summed E-state index contributed by atoms with van der Waals surface area (Å²) in [4.78, 5) is 70.3. The van der Waals surface area contributed by atoms with E-state index in [0.717, 1.165) is 70.8 Å². The fourth-order valence-corrected chi connectivity index (χ4v) is 7.57. The standard InChI is InChI=1S/C40H50N8O6/c1-22(2)32(45-39(51)52)37(49)48-20-8-10-31(48)36-42-24(5)34(44-36)28-17-13-26(14-18-28)25-11-15-27(16-12-25)29-21-41-35(43-29)30-9-7-19-47(30)38(50)33(23(3)4)46-40(53)54-6/h11-18,21-23,30-33,45H,7-10,19-20H2,1-6H3,(H,41,43)(H,42,44)(H,46,53)(H,51,52)/t30-,31-,32-,33-/m0/s1. The number of likely N-dealkylation sites (tertiary alicyclic amines) is 2. The van der Waals surface area contributed by atoms with Gasteiger partial charge in [-0.3, -0.25) is 9.59 Å². The lowest BCUT2D eigenvalue weighted by molar-refractivity contribution is -0.136. The molecule has 54 heavy (non-hydrogen) atoms. The van der Waals surface area contributed by atoms with Crippen molar-refractivity contribution >= 4 is 24.0 Å². The van der Waals surface area contributed by atoms with Gasteiger partial charge in [-0.05, 0) is 61.1 Å². The van der Waals surface area contributed by atoms with Crippen LogP contribution in [0.5, 0.6) is 0 Å². The molecule has 2 saturated heterocycles. The molecule has 6 rings (SSSR count). The molecule has 0 aliphatic carbocycles. The number of hydrogen-bond donors (Lipinski definition) is 5. The Morgan fingerprint density at radius 1 is 0.759 bits per heavy atom. The average Bonchev–Trinajstić information content (AvgIpc) is 3.99. The van der Waals surface area contributed by atoms with Gasteiger partial charge in [0.15, 0.2) is 0 Å². The van der Waals surface area contributed by atoms with E-state index < -0.39 is 24.3 Å². The molecular weight excluding hydrogens is 688 g/mol. The summed E-state index contributed by atoms with van der Waals surface area (Å²) in [7, 11) is 1.29. The molecule has 2 aromatic carbocycles. The second-order valence-electron chi connectivity index (χ2n) is 14.8. The molecule has 286 valence electrons. The molecule has 4 aromatic rings. The van der Waals surface area contributed by atoms with Crippen molar-refractivity contribution in [2.45, 2.75) is 84.5 Å². The van der Waals surface area contributed by atoms with Crippen LogP contribution in [0.1, 0.15) is 82.8 Å². The number of H-pyrrole nitrogens is 2. The van der Waals surface area contributed by atoms with Crippen molar-refractivity contribution in [1.82, 2.24) is 40.4 Å². The number of aryl methyl sites for hydroxylation is 1. The highest BCUT2D eigenvalue weighted by Gasteiger charge is 2.39. The van der Waals surface area contributed by atoms with Crippen molar-refractivity contribution in [2.24, 2.45) is 11.8 Å². The summed E-state index contributed by atoms with van der Waals surface area (Å²) >= 11 is 0. The molecular formula is C40H50N8O6. The van der Waals surface area contributed by atoms with Crippen LogP contribution >= 0.6 is 0 Å². The maximum absolute atomic E-state index is 13.5. The highest BCUT2D eigenvalue weighted by atomic mass is 16.5. The number of ether oxygens (including phenoxy) is 1. The molecule has 2 fully saturated rings. The van der Waals surface area contributed by atoms with Crippen LogP contribution < -0.4 is 10.6 Å². The molecule has 0 spiro atoms. The number of rotatable bonds is 11. The molecule has 4 heterocycles. The van der Waals surface area contributed by atoms with E-state index in [-0.39, 0.29) is 35.7 Å². The third-order valence-corrected chi connectivity index (χ3v) is 10.5. The van der Waals surface area contributed by atoms with Gasteiger partial charge in [-0.2, -0.15) is 0 Å². The van der Waals surface area contributed by atoms with E-state index in [1.165, 1.54) is 7.11 Å². The number of nitrogens with one attached hydrogen (secondary N) is 4. The Hall–Kier alpha value is -5.66. The fourth-order valence-electron chi connectivity index (χ4n) is 7.57. The minimum atomic E-state index is -1.21. The Balaban J connectivity index is 1.13. The third kappa shape index (κ3) is 7.97. The number of carboxylic acid groups (broad SMARTS) is 1. The lowest BCUT2D eigenvalue weighted by Crippen LogP contribution is -2.51. The van der Waals surface area contributed by atoms with Crippen LogP contribution in [0.2, 0.25) is 0 Å². The number of amides is 4. The first-order chi connectivity index (χ1) is 25.9. The van der Waals surface area contributed by atoms with Crippen molar-refractivity contribution in [3.05, 3.63) is 72.1 Å². The molecule has 0 saturated carbocycles. The normalized spacial score (nSPS) is 18.2. The number of carbonyl (C=O) groups is 4. The molecule has 14 nitrogen and oxygen atoms in total. The molecule has 2 aliphatic heterocycles. The first-order valence-corrected chi connectivity index (χ1v) is 18.6. The maximum Gasteiger partial charge on any atom is 0.407 e. The van der Waals surface area contributed by atoms with Crippen LogP contribution in [0.15, 0.2) is 54.7 Å². The number of carbonyl (C=O) groups excluding carboxylic acids is 3. The largest absolute Gasteiger partial charge is 0.465 e. The van der Waals surface area contributed by atoms with Gasteiger partial charge in [0, 0.05) is 24.3 Å². The van der Waals surface area contributed by atoms with Gasteiger partial charge in [-0.15, -0.1) is 0 Å². The van der Waals surface area contributed by atoms with Gasteiger partial charge in [-0.25, -0.2) is 19.6 Å². The zero-order chi connectivity index (χ0) is 38.7. The molecule has 14 heteroatoms. The monoisotopic (exact) mass is 738 g/mol. The molecule has 0 unspecified atom stereocenters. The SMILES string of the molecule is COC(=O)N[C@H](C(=O)N1CCC[C@H]1c1ncc(-c2ccc(-c3ccc(-c4nc([C@@H]5CCCN5C(=O)[C@@H](NC(=O)O)C(C)C)[nH]c4C)cc3)cc2)[nH]1)C(C)C. The van der Waals surface area contributed by atoms with Crippen LogP contribution in [-0.2, 0) is 14.3 Å². The molecule has 0 bridgehead atoms. The second kappa shape index (κ2) is 16.1. The molecule has 4 amide bonds. The van der Waals surface area contributed by atoms with Gasteiger partial charge >= 0.3 is 12.2 Å². The van der Waals surface area contributed by atoms with E-state index in [1.807, 2.05) is 58.9 Å². The smallest absolute Gasteiger partial charge is 0.407 e. The Bertz CT molecular complexity index is 1970. The van der Waals surface area contributed by atoms with Crippen molar-refractivity contribution in [3.8, 4) is 33.6 Å². The number of aromatic amines is 2. The van der Waals surface area contributed by atoms with Crippen LogP contribution in [0.3, 0.4) is 0 Å². The number of alkyl carbamates (subject to hydrolysis) is 1. The summed E-state index contributed by atoms with van der Waals surface area (Å²) in [6, 6.07) is 14.5. The molecule has 5 N–H and O–H groups in total. The van der Waals surface area contributed by atoms with E-state index >= 15 is 0 Å². The Labute approximate surface area is 315 Å². The molecule has 0 radical (unpaired) electrons. The number of aromatic nitrogens is 4. The second-order valence-corrected chi connectivity index (χ2v) is 14.8. The topological polar surface area (TPSA) is 186 Å². The first-order valence-electron chi connectivity index (χ1n) is 18.6. The summed E-state index contributed by atoms with van der Waals surface area (Å²) in [6.07, 6.45) is 3.14. The van der Waals surface area contributed by atoms with E-state index in [9.17, 15) is 24.3 Å². The minimum Gasteiger partial charge on any atom is -0.465 e. The van der Waals surface area contributed by atoms with Crippen molar-refractivity contribution in [2.75, 3.05) is 20.2 Å². The number of imidazole rings is 2. The highest BCUT2D eigenvalue weighted by molar-refractivity contribution is 5.87. The van der Waals surface area contributed by atoms with Crippen molar-refractivity contribution < 1.29 is 29.0 Å². The van der Waals surface area contributed by atoms with Crippen LogP contribution in [0.25, 0.3) is 33.6 Å².